The van der Waals surface area contributed by atoms with Gasteiger partial charge < -0.3 is 4.74 Å². The van der Waals surface area contributed by atoms with Crippen molar-refractivity contribution < 1.29 is 14.3 Å². The van der Waals surface area contributed by atoms with Crippen LogP contribution >= 0.6 is 0 Å². The van der Waals surface area contributed by atoms with Crippen molar-refractivity contribution in [3.8, 4) is 0 Å². The van der Waals surface area contributed by atoms with Gasteiger partial charge in [-0.1, -0.05) is 11.6 Å². The summed E-state index contributed by atoms with van der Waals surface area (Å²) < 4.78 is 4.74. The van der Waals surface area contributed by atoms with Gasteiger partial charge in [0.1, 0.15) is 5.78 Å². The maximum absolute atomic E-state index is 12.0. The largest absolute Gasteiger partial charge is 0.469 e. The van der Waals surface area contributed by atoms with Crippen LogP contribution in [0.3, 0.4) is 0 Å². The van der Waals surface area contributed by atoms with E-state index in [1.807, 2.05) is 0 Å². The molecule has 2 rings (SSSR count). The Morgan fingerprint density at radius 1 is 1.44 bits per heavy atom. The molecule has 0 heterocycles. The topological polar surface area (TPSA) is 43.4 Å². The zero-order valence-corrected chi connectivity index (χ0v) is 9.86. The normalized spacial score (nSPS) is 34.0. The Bertz CT molecular complexity index is 343. The van der Waals surface area contributed by atoms with E-state index < -0.39 is 0 Å². The van der Waals surface area contributed by atoms with E-state index in [2.05, 4.69) is 13.0 Å². The standard InChI is InChI=1S/C13H18O3/c1-8-4-3-5-10-11(8)6-9(7-12(10)14)13(15)16-2/h4,9-11H,3,5-7H2,1-2H3/t9-,10+,11-/m0/s1. The fourth-order valence-corrected chi connectivity index (χ4v) is 3.03. The lowest BCUT2D eigenvalue weighted by Gasteiger charge is -2.37. The molecule has 0 radical (unpaired) electrons. The number of carbonyl (C=O) groups excluding carboxylic acids is 2. The second kappa shape index (κ2) is 4.40. The molecule has 0 spiro atoms. The summed E-state index contributed by atoms with van der Waals surface area (Å²) in [5.74, 6) is 0.231. The van der Waals surface area contributed by atoms with Gasteiger partial charge >= 0.3 is 5.97 Å². The highest BCUT2D eigenvalue weighted by atomic mass is 16.5. The fraction of sp³-hybridized carbons (Fsp3) is 0.692. The summed E-state index contributed by atoms with van der Waals surface area (Å²) >= 11 is 0. The van der Waals surface area contributed by atoms with Crippen molar-refractivity contribution >= 4 is 11.8 Å². The number of rotatable bonds is 1. The molecule has 88 valence electrons. The van der Waals surface area contributed by atoms with Gasteiger partial charge in [0, 0.05) is 12.3 Å². The van der Waals surface area contributed by atoms with Gasteiger partial charge in [-0.2, -0.15) is 0 Å². The van der Waals surface area contributed by atoms with Gasteiger partial charge in [0.15, 0.2) is 0 Å². The van der Waals surface area contributed by atoms with Crippen molar-refractivity contribution in [1.29, 1.82) is 0 Å². The van der Waals surface area contributed by atoms with Crippen LogP contribution in [0.2, 0.25) is 0 Å². The molecule has 3 heteroatoms. The number of allylic oxidation sites excluding steroid dienone is 2. The fourth-order valence-electron chi connectivity index (χ4n) is 3.03. The van der Waals surface area contributed by atoms with Gasteiger partial charge in [-0.25, -0.2) is 0 Å². The Hall–Kier alpha value is -1.12. The van der Waals surface area contributed by atoms with Gasteiger partial charge in [-0.3, -0.25) is 9.59 Å². The Morgan fingerprint density at radius 3 is 2.88 bits per heavy atom. The minimum absolute atomic E-state index is 0.158. The van der Waals surface area contributed by atoms with Crippen molar-refractivity contribution in [1.82, 2.24) is 0 Å². The SMILES string of the molecule is COC(=O)[C@@H]1CC(=O)[C@@H]2CCC=C(C)[C@@H]2C1. The van der Waals surface area contributed by atoms with Gasteiger partial charge in [0.05, 0.1) is 13.0 Å². The third-order valence-electron chi connectivity index (χ3n) is 3.95. The number of hydrogen-bond acceptors (Lipinski definition) is 3. The van der Waals surface area contributed by atoms with E-state index >= 15 is 0 Å². The van der Waals surface area contributed by atoms with Crippen LogP contribution in [0.25, 0.3) is 0 Å². The second-order valence-electron chi connectivity index (χ2n) is 4.86. The van der Waals surface area contributed by atoms with Crippen molar-refractivity contribution in [3.05, 3.63) is 11.6 Å². The van der Waals surface area contributed by atoms with Crippen molar-refractivity contribution in [2.24, 2.45) is 17.8 Å². The molecule has 0 unspecified atom stereocenters. The van der Waals surface area contributed by atoms with Crippen LogP contribution in [-0.4, -0.2) is 18.9 Å². The van der Waals surface area contributed by atoms with E-state index in [0.29, 0.717) is 6.42 Å². The molecule has 0 aliphatic heterocycles. The number of ether oxygens (including phenoxy) is 1. The zero-order valence-electron chi connectivity index (χ0n) is 9.86. The summed E-state index contributed by atoms with van der Waals surface area (Å²) in [7, 11) is 1.39. The van der Waals surface area contributed by atoms with Crippen LogP contribution in [0, 0.1) is 17.8 Å². The number of ketones is 1. The molecule has 0 amide bonds. The van der Waals surface area contributed by atoms with E-state index in [1.165, 1.54) is 12.7 Å². The van der Waals surface area contributed by atoms with Crippen LogP contribution in [-0.2, 0) is 14.3 Å². The van der Waals surface area contributed by atoms with E-state index in [9.17, 15) is 9.59 Å². The zero-order chi connectivity index (χ0) is 11.7. The molecule has 3 atom stereocenters. The summed E-state index contributed by atoms with van der Waals surface area (Å²) in [6.45, 7) is 2.07. The molecule has 0 aromatic rings. The summed E-state index contributed by atoms with van der Waals surface area (Å²) in [6.07, 6.45) is 5.32. The highest BCUT2D eigenvalue weighted by Gasteiger charge is 2.41. The van der Waals surface area contributed by atoms with E-state index in [1.54, 1.807) is 0 Å². The van der Waals surface area contributed by atoms with E-state index in [-0.39, 0.29) is 29.5 Å². The molecule has 0 aromatic heterocycles. The molecule has 0 saturated heterocycles. The lowest BCUT2D eigenvalue weighted by molar-refractivity contribution is -0.150. The molecule has 2 aliphatic rings. The summed E-state index contributed by atoms with van der Waals surface area (Å²) in [4.78, 5) is 23.5. The first-order valence-electron chi connectivity index (χ1n) is 5.90. The third-order valence-corrected chi connectivity index (χ3v) is 3.95. The van der Waals surface area contributed by atoms with Gasteiger partial charge in [-0.05, 0) is 32.1 Å². The maximum atomic E-state index is 12.0. The van der Waals surface area contributed by atoms with E-state index in [4.69, 9.17) is 4.74 Å². The Kier molecular flexibility index (Phi) is 3.13. The van der Waals surface area contributed by atoms with Crippen molar-refractivity contribution in [2.75, 3.05) is 7.11 Å². The number of esters is 1. The molecular formula is C13H18O3. The highest BCUT2D eigenvalue weighted by molar-refractivity contribution is 5.88. The van der Waals surface area contributed by atoms with Gasteiger partial charge in [0.2, 0.25) is 0 Å². The Morgan fingerprint density at radius 2 is 2.19 bits per heavy atom. The second-order valence-corrected chi connectivity index (χ2v) is 4.86. The predicted octanol–water partition coefficient (Wildman–Crippen LogP) is 2.11. The molecule has 0 N–H and O–H groups in total. The number of methoxy groups -OCH3 is 1. The van der Waals surface area contributed by atoms with Crippen LogP contribution < -0.4 is 0 Å². The van der Waals surface area contributed by atoms with Crippen LogP contribution in [0.5, 0.6) is 0 Å². The van der Waals surface area contributed by atoms with E-state index in [0.717, 1.165) is 19.3 Å². The summed E-state index contributed by atoms with van der Waals surface area (Å²) in [5, 5.41) is 0. The number of Topliss-reactive ketones (excluding diaryl/α,β-unsaturated/α-hetero) is 1. The Balaban J connectivity index is 2.17. The lowest BCUT2D eigenvalue weighted by Crippen LogP contribution is -2.38. The first-order chi connectivity index (χ1) is 7.63. The van der Waals surface area contributed by atoms with Crippen LogP contribution in [0.1, 0.15) is 32.6 Å². The summed E-state index contributed by atoms with van der Waals surface area (Å²) in [5.41, 5.74) is 1.28. The molecule has 0 aromatic carbocycles. The molecule has 0 bridgehead atoms. The van der Waals surface area contributed by atoms with Crippen molar-refractivity contribution in [2.45, 2.75) is 32.6 Å². The number of fused-ring (bicyclic) bond motifs is 1. The smallest absolute Gasteiger partial charge is 0.309 e. The highest BCUT2D eigenvalue weighted by Crippen LogP contribution is 2.41. The van der Waals surface area contributed by atoms with Crippen LogP contribution in [0.4, 0.5) is 0 Å². The van der Waals surface area contributed by atoms with Crippen LogP contribution in [0.15, 0.2) is 11.6 Å². The molecule has 16 heavy (non-hydrogen) atoms. The molecular weight excluding hydrogens is 204 g/mol. The van der Waals surface area contributed by atoms with Crippen molar-refractivity contribution in [3.63, 3.8) is 0 Å². The number of hydrogen-bond donors (Lipinski definition) is 0. The Labute approximate surface area is 95.9 Å². The third kappa shape index (κ3) is 1.91. The average Bonchev–Trinajstić information content (AvgIpc) is 2.29. The average molecular weight is 222 g/mol. The molecule has 1 fully saturated rings. The van der Waals surface area contributed by atoms with Gasteiger partial charge in [-0.15, -0.1) is 0 Å². The molecule has 1 saturated carbocycles. The maximum Gasteiger partial charge on any atom is 0.309 e. The lowest BCUT2D eigenvalue weighted by atomic mass is 9.66. The first-order valence-corrected chi connectivity index (χ1v) is 5.90. The molecule has 2 aliphatic carbocycles. The van der Waals surface area contributed by atoms with Gasteiger partial charge in [0.25, 0.3) is 0 Å². The minimum atomic E-state index is -0.231. The number of carbonyl (C=O) groups is 2. The quantitative estimate of drug-likeness (QED) is 0.504. The predicted molar refractivity (Wildman–Crippen MR) is 59.7 cm³/mol. The molecule has 3 nitrogen and oxygen atoms in total. The summed E-state index contributed by atoms with van der Waals surface area (Å²) in [6, 6.07) is 0. The monoisotopic (exact) mass is 222 g/mol. The first kappa shape index (κ1) is 11.4. The minimum Gasteiger partial charge on any atom is -0.469 e.